The van der Waals surface area contributed by atoms with Gasteiger partial charge in [-0.2, -0.15) is 0 Å². The Kier molecular flexibility index (Phi) is 5.53. The Morgan fingerprint density at radius 1 is 1.24 bits per heavy atom. The Balaban J connectivity index is 1.88. The van der Waals surface area contributed by atoms with Gasteiger partial charge in [0.2, 0.25) is 0 Å². The third-order valence-electron chi connectivity index (χ3n) is 3.75. The van der Waals surface area contributed by atoms with Gasteiger partial charge >= 0.3 is 0 Å². The molecule has 0 saturated heterocycles. The van der Waals surface area contributed by atoms with Crippen molar-refractivity contribution in [2.45, 2.75) is 32.9 Å². The number of benzene rings is 1. The highest BCUT2D eigenvalue weighted by atomic mass is 16.5. The van der Waals surface area contributed by atoms with Gasteiger partial charge in [0.15, 0.2) is 5.76 Å². The normalized spacial score (nSPS) is 13.0. The van der Waals surface area contributed by atoms with Gasteiger partial charge in [0.1, 0.15) is 0 Å². The van der Waals surface area contributed by atoms with Crippen molar-refractivity contribution in [2.75, 3.05) is 13.6 Å². The molecule has 0 aliphatic rings. The lowest BCUT2D eigenvalue weighted by atomic mass is 10.0. The van der Waals surface area contributed by atoms with E-state index in [0.29, 0.717) is 5.92 Å². The fourth-order valence-electron chi connectivity index (χ4n) is 2.18. The average Bonchev–Trinajstić information content (AvgIpc) is 2.94. The number of rotatable bonds is 7. The number of nitrogens with two attached hydrogens (primary N) is 1. The minimum atomic E-state index is 0.254. The van der Waals surface area contributed by atoms with Gasteiger partial charge in [-0.15, -0.1) is 0 Å². The summed E-state index contributed by atoms with van der Waals surface area (Å²) in [6, 6.07) is 12.3. The van der Waals surface area contributed by atoms with Crippen molar-refractivity contribution in [3.05, 3.63) is 42.1 Å². The molecule has 1 aromatic heterocycles. The van der Waals surface area contributed by atoms with Crippen molar-refractivity contribution < 1.29 is 4.52 Å². The second-order valence-electron chi connectivity index (χ2n) is 5.98. The summed E-state index contributed by atoms with van der Waals surface area (Å²) in [5.74, 6) is 1.34. The van der Waals surface area contributed by atoms with Crippen LogP contribution >= 0.6 is 0 Å². The van der Waals surface area contributed by atoms with Crippen LogP contribution in [-0.4, -0.2) is 29.7 Å². The summed E-state index contributed by atoms with van der Waals surface area (Å²) in [6.07, 6.45) is 0.998. The summed E-state index contributed by atoms with van der Waals surface area (Å²) in [5, 5.41) is 4.15. The van der Waals surface area contributed by atoms with Crippen molar-refractivity contribution >= 4 is 0 Å². The Hall–Kier alpha value is -1.65. The lowest BCUT2D eigenvalue weighted by molar-refractivity contribution is 0.286. The van der Waals surface area contributed by atoms with Crippen LogP contribution < -0.4 is 5.73 Å². The second kappa shape index (κ2) is 7.38. The molecule has 114 valence electrons. The summed E-state index contributed by atoms with van der Waals surface area (Å²) < 4.78 is 5.41. The minimum Gasteiger partial charge on any atom is -0.356 e. The third kappa shape index (κ3) is 4.69. The molecule has 2 rings (SSSR count). The largest absolute Gasteiger partial charge is 0.356 e. The van der Waals surface area contributed by atoms with Gasteiger partial charge < -0.3 is 15.2 Å². The number of hydrogen-bond donors (Lipinski definition) is 1. The van der Waals surface area contributed by atoms with Crippen LogP contribution in [0.3, 0.4) is 0 Å². The molecule has 0 amide bonds. The molecule has 0 aliphatic carbocycles. The molecule has 1 atom stereocenters. The first-order valence-electron chi connectivity index (χ1n) is 7.51. The van der Waals surface area contributed by atoms with E-state index in [4.69, 9.17) is 10.3 Å². The zero-order chi connectivity index (χ0) is 15.2. The van der Waals surface area contributed by atoms with E-state index >= 15 is 0 Å². The fourth-order valence-corrected chi connectivity index (χ4v) is 2.18. The minimum absolute atomic E-state index is 0.254. The molecule has 0 radical (unpaired) electrons. The molecule has 1 heterocycles. The average molecular weight is 287 g/mol. The van der Waals surface area contributed by atoms with Crippen LogP contribution in [0.25, 0.3) is 11.3 Å². The molecule has 1 aromatic carbocycles. The van der Waals surface area contributed by atoms with Crippen LogP contribution in [-0.2, 0) is 6.54 Å². The van der Waals surface area contributed by atoms with E-state index in [2.05, 4.69) is 31.0 Å². The van der Waals surface area contributed by atoms with E-state index in [9.17, 15) is 0 Å². The highest BCUT2D eigenvalue weighted by Gasteiger charge is 2.11. The summed E-state index contributed by atoms with van der Waals surface area (Å²) in [4.78, 5) is 2.23. The van der Waals surface area contributed by atoms with Gasteiger partial charge in [-0.3, -0.25) is 0 Å². The van der Waals surface area contributed by atoms with E-state index in [1.165, 1.54) is 0 Å². The van der Waals surface area contributed by atoms with Crippen molar-refractivity contribution in [2.24, 2.45) is 11.7 Å². The van der Waals surface area contributed by atoms with Gasteiger partial charge in [-0.1, -0.05) is 49.3 Å². The van der Waals surface area contributed by atoms with Crippen LogP contribution in [0.4, 0.5) is 0 Å². The molecular formula is C17H25N3O. The van der Waals surface area contributed by atoms with E-state index < -0.39 is 0 Å². The zero-order valence-corrected chi connectivity index (χ0v) is 13.1. The molecule has 1 unspecified atom stereocenters. The molecule has 0 saturated carbocycles. The molecule has 2 N–H and O–H groups in total. The predicted octanol–water partition coefficient (Wildman–Crippen LogP) is 3.15. The van der Waals surface area contributed by atoms with E-state index in [0.717, 1.165) is 36.5 Å². The van der Waals surface area contributed by atoms with Crippen molar-refractivity contribution in [1.29, 1.82) is 0 Å². The van der Waals surface area contributed by atoms with E-state index in [-0.39, 0.29) is 6.04 Å². The van der Waals surface area contributed by atoms with Crippen molar-refractivity contribution in [3.63, 3.8) is 0 Å². The maximum Gasteiger partial charge on any atom is 0.167 e. The Morgan fingerprint density at radius 2 is 1.95 bits per heavy atom. The SMILES string of the molecule is CC(C)C(N)CCN(C)Cc1cc(-c2ccccc2)on1. The standard InChI is InChI=1S/C17H25N3O/c1-13(2)16(18)9-10-20(3)12-15-11-17(21-19-15)14-7-5-4-6-8-14/h4-8,11,13,16H,9-10,12,18H2,1-3H3. The molecule has 2 aromatic rings. The molecule has 4 nitrogen and oxygen atoms in total. The van der Waals surface area contributed by atoms with Crippen LogP contribution in [0.5, 0.6) is 0 Å². The molecule has 0 aliphatic heterocycles. The summed E-state index contributed by atoms with van der Waals surface area (Å²) in [5.41, 5.74) is 8.09. The molecule has 21 heavy (non-hydrogen) atoms. The van der Waals surface area contributed by atoms with Crippen LogP contribution in [0.2, 0.25) is 0 Å². The van der Waals surface area contributed by atoms with E-state index in [1.807, 2.05) is 36.4 Å². The van der Waals surface area contributed by atoms with Crippen molar-refractivity contribution in [1.82, 2.24) is 10.1 Å². The van der Waals surface area contributed by atoms with Crippen LogP contribution in [0.15, 0.2) is 40.9 Å². The molecule has 0 fully saturated rings. The van der Waals surface area contributed by atoms with Gasteiger partial charge in [0, 0.05) is 24.2 Å². The maximum atomic E-state index is 6.08. The second-order valence-corrected chi connectivity index (χ2v) is 5.98. The summed E-state index contributed by atoms with van der Waals surface area (Å²) in [6.45, 7) is 6.07. The van der Waals surface area contributed by atoms with Gasteiger partial charge in [-0.05, 0) is 25.9 Å². The maximum absolute atomic E-state index is 6.08. The highest BCUT2D eigenvalue weighted by molar-refractivity contribution is 5.56. The monoisotopic (exact) mass is 287 g/mol. The molecule has 4 heteroatoms. The number of aromatic nitrogens is 1. The zero-order valence-electron chi connectivity index (χ0n) is 13.1. The van der Waals surface area contributed by atoms with Gasteiger partial charge in [0.25, 0.3) is 0 Å². The first kappa shape index (κ1) is 15.7. The third-order valence-corrected chi connectivity index (χ3v) is 3.75. The van der Waals surface area contributed by atoms with Crippen LogP contribution in [0, 0.1) is 5.92 Å². The van der Waals surface area contributed by atoms with Gasteiger partial charge in [-0.25, -0.2) is 0 Å². The first-order chi connectivity index (χ1) is 10.1. The molecule has 0 bridgehead atoms. The topological polar surface area (TPSA) is 55.3 Å². The quantitative estimate of drug-likeness (QED) is 0.850. The lowest BCUT2D eigenvalue weighted by Crippen LogP contribution is -2.31. The van der Waals surface area contributed by atoms with Crippen molar-refractivity contribution in [3.8, 4) is 11.3 Å². The van der Waals surface area contributed by atoms with E-state index in [1.54, 1.807) is 0 Å². The summed E-state index contributed by atoms with van der Waals surface area (Å²) >= 11 is 0. The van der Waals surface area contributed by atoms with Crippen LogP contribution in [0.1, 0.15) is 26.0 Å². The summed E-state index contributed by atoms with van der Waals surface area (Å²) in [7, 11) is 2.09. The van der Waals surface area contributed by atoms with Gasteiger partial charge in [0.05, 0.1) is 5.69 Å². The highest BCUT2D eigenvalue weighted by Crippen LogP contribution is 2.20. The number of nitrogens with zero attached hydrogens (tertiary/aromatic N) is 2. The Bertz CT molecular complexity index is 536. The smallest absolute Gasteiger partial charge is 0.167 e. The molecule has 0 spiro atoms. The fraction of sp³-hybridized carbons (Fsp3) is 0.471. The predicted molar refractivity (Wildman–Crippen MR) is 85.7 cm³/mol. The first-order valence-corrected chi connectivity index (χ1v) is 7.51. The number of hydrogen-bond acceptors (Lipinski definition) is 4. The molecular weight excluding hydrogens is 262 g/mol. The lowest BCUT2D eigenvalue weighted by Gasteiger charge is -2.20. The Morgan fingerprint density at radius 3 is 2.62 bits per heavy atom. The Labute approximate surface area is 126 Å².